The lowest BCUT2D eigenvalue weighted by Crippen LogP contribution is -2.09. The van der Waals surface area contributed by atoms with Gasteiger partial charge in [-0.25, -0.2) is 0 Å². The number of nitrogens with zero attached hydrogens (tertiary/aromatic N) is 1. The maximum Gasteiger partial charge on any atom is 0.101 e. The third-order valence-electron chi connectivity index (χ3n) is 3.12. The van der Waals surface area contributed by atoms with Gasteiger partial charge in [0.15, 0.2) is 0 Å². The van der Waals surface area contributed by atoms with Crippen LogP contribution in [0.2, 0.25) is 0 Å². The van der Waals surface area contributed by atoms with Crippen molar-refractivity contribution in [3.8, 4) is 6.07 Å². The van der Waals surface area contributed by atoms with Gasteiger partial charge in [0.2, 0.25) is 0 Å². The molecule has 0 spiro atoms. The summed E-state index contributed by atoms with van der Waals surface area (Å²) in [5.41, 5.74) is 3.88. The van der Waals surface area contributed by atoms with Crippen LogP contribution in [0.5, 0.6) is 0 Å². The number of aryl methyl sites for hydroxylation is 1. The first-order valence-electron chi connectivity index (χ1n) is 6.13. The molecule has 0 aliphatic carbocycles. The summed E-state index contributed by atoms with van der Waals surface area (Å²) in [7, 11) is 0. The summed E-state index contributed by atoms with van der Waals surface area (Å²) < 4.78 is 1.07. The lowest BCUT2D eigenvalue weighted by Gasteiger charge is -2.18. The topological polar surface area (TPSA) is 35.8 Å². The summed E-state index contributed by atoms with van der Waals surface area (Å²) in [5, 5.41) is 12.6. The van der Waals surface area contributed by atoms with Gasteiger partial charge in [-0.1, -0.05) is 40.2 Å². The van der Waals surface area contributed by atoms with Crippen LogP contribution >= 0.6 is 15.9 Å². The predicted octanol–water partition coefficient (Wildman–Crippen LogP) is 4.80. The van der Waals surface area contributed by atoms with Crippen molar-refractivity contribution < 1.29 is 0 Å². The molecule has 0 heterocycles. The van der Waals surface area contributed by atoms with Crippen LogP contribution in [-0.2, 0) is 0 Å². The first kappa shape index (κ1) is 13.6. The van der Waals surface area contributed by atoms with Gasteiger partial charge in [0.25, 0.3) is 0 Å². The standard InChI is InChI=1S/C16H15BrN2/c1-11-4-3-5-14(10-18)16(11)19-12(2)13-6-8-15(17)9-7-13/h3-9,12,19H,1-2H3. The van der Waals surface area contributed by atoms with Crippen molar-refractivity contribution in [2.45, 2.75) is 19.9 Å². The molecule has 0 radical (unpaired) electrons. The van der Waals surface area contributed by atoms with E-state index in [1.54, 1.807) is 0 Å². The average Bonchev–Trinajstić information content (AvgIpc) is 2.41. The highest BCUT2D eigenvalue weighted by atomic mass is 79.9. The number of anilines is 1. The Hall–Kier alpha value is -1.79. The Bertz CT molecular complexity index is 612. The van der Waals surface area contributed by atoms with Gasteiger partial charge in [0.1, 0.15) is 6.07 Å². The second kappa shape index (κ2) is 5.90. The van der Waals surface area contributed by atoms with Gasteiger partial charge in [0.05, 0.1) is 11.3 Å². The van der Waals surface area contributed by atoms with Crippen LogP contribution < -0.4 is 5.32 Å². The van der Waals surface area contributed by atoms with E-state index in [9.17, 15) is 0 Å². The molecule has 2 nitrogen and oxygen atoms in total. The minimum Gasteiger partial charge on any atom is -0.377 e. The van der Waals surface area contributed by atoms with E-state index in [-0.39, 0.29) is 6.04 Å². The number of benzene rings is 2. The van der Waals surface area contributed by atoms with E-state index in [1.165, 1.54) is 5.56 Å². The Kier molecular flexibility index (Phi) is 4.24. The Labute approximate surface area is 122 Å². The molecular formula is C16H15BrN2. The lowest BCUT2D eigenvalue weighted by molar-refractivity contribution is 0.881. The van der Waals surface area contributed by atoms with Crippen LogP contribution in [0.1, 0.15) is 29.7 Å². The molecule has 2 aromatic carbocycles. The van der Waals surface area contributed by atoms with E-state index in [2.05, 4.69) is 46.4 Å². The van der Waals surface area contributed by atoms with E-state index in [0.29, 0.717) is 5.56 Å². The van der Waals surface area contributed by atoms with Gasteiger partial charge in [0, 0.05) is 10.5 Å². The molecule has 96 valence electrons. The fourth-order valence-electron chi connectivity index (χ4n) is 2.00. The van der Waals surface area contributed by atoms with Crippen molar-refractivity contribution in [3.63, 3.8) is 0 Å². The van der Waals surface area contributed by atoms with Crippen LogP contribution in [-0.4, -0.2) is 0 Å². The molecular weight excluding hydrogens is 300 g/mol. The van der Waals surface area contributed by atoms with Crippen molar-refractivity contribution in [3.05, 3.63) is 63.6 Å². The number of para-hydroxylation sites is 1. The molecule has 2 rings (SSSR count). The smallest absolute Gasteiger partial charge is 0.101 e. The molecule has 1 unspecified atom stereocenters. The predicted molar refractivity (Wildman–Crippen MR) is 82.1 cm³/mol. The molecule has 1 N–H and O–H groups in total. The van der Waals surface area contributed by atoms with E-state index >= 15 is 0 Å². The molecule has 2 aromatic rings. The SMILES string of the molecule is Cc1cccc(C#N)c1NC(C)c1ccc(Br)cc1. The highest BCUT2D eigenvalue weighted by molar-refractivity contribution is 9.10. The molecule has 0 saturated heterocycles. The number of hydrogen-bond acceptors (Lipinski definition) is 2. The minimum atomic E-state index is 0.154. The van der Waals surface area contributed by atoms with Crippen molar-refractivity contribution >= 4 is 21.6 Å². The van der Waals surface area contributed by atoms with Crippen LogP contribution in [0.4, 0.5) is 5.69 Å². The van der Waals surface area contributed by atoms with Crippen LogP contribution in [0.3, 0.4) is 0 Å². The first-order valence-corrected chi connectivity index (χ1v) is 6.93. The largest absolute Gasteiger partial charge is 0.377 e. The molecule has 0 aliphatic heterocycles. The first-order chi connectivity index (χ1) is 9.11. The van der Waals surface area contributed by atoms with Crippen molar-refractivity contribution in [2.24, 2.45) is 0 Å². The molecule has 0 fully saturated rings. The molecule has 0 aliphatic rings. The van der Waals surface area contributed by atoms with E-state index < -0.39 is 0 Å². The molecule has 0 saturated carbocycles. The Morgan fingerprint density at radius 2 is 1.84 bits per heavy atom. The maximum absolute atomic E-state index is 9.17. The third kappa shape index (κ3) is 3.15. The summed E-state index contributed by atoms with van der Waals surface area (Å²) in [5.74, 6) is 0. The van der Waals surface area contributed by atoms with E-state index in [0.717, 1.165) is 15.7 Å². The molecule has 0 amide bonds. The van der Waals surface area contributed by atoms with Crippen molar-refractivity contribution in [2.75, 3.05) is 5.32 Å². The summed E-state index contributed by atoms with van der Waals surface area (Å²) in [6.45, 7) is 4.11. The zero-order valence-electron chi connectivity index (χ0n) is 10.9. The highest BCUT2D eigenvalue weighted by Gasteiger charge is 2.10. The Balaban J connectivity index is 2.26. The van der Waals surface area contributed by atoms with Gasteiger partial charge in [-0.3, -0.25) is 0 Å². The van der Waals surface area contributed by atoms with Gasteiger partial charge < -0.3 is 5.32 Å². The van der Waals surface area contributed by atoms with Gasteiger partial charge >= 0.3 is 0 Å². The van der Waals surface area contributed by atoms with E-state index in [4.69, 9.17) is 5.26 Å². The summed E-state index contributed by atoms with van der Waals surface area (Å²) >= 11 is 3.43. The molecule has 0 bridgehead atoms. The van der Waals surface area contributed by atoms with Crippen LogP contribution in [0, 0.1) is 18.3 Å². The fraction of sp³-hybridized carbons (Fsp3) is 0.188. The number of hydrogen-bond donors (Lipinski definition) is 1. The maximum atomic E-state index is 9.17. The summed E-state index contributed by atoms with van der Waals surface area (Å²) in [4.78, 5) is 0. The van der Waals surface area contributed by atoms with Crippen LogP contribution in [0.15, 0.2) is 46.9 Å². The van der Waals surface area contributed by atoms with E-state index in [1.807, 2.05) is 37.3 Å². The minimum absolute atomic E-state index is 0.154. The van der Waals surface area contributed by atoms with Crippen LogP contribution in [0.25, 0.3) is 0 Å². The second-order valence-electron chi connectivity index (χ2n) is 4.53. The molecule has 0 aromatic heterocycles. The van der Waals surface area contributed by atoms with Gasteiger partial charge in [-0.2, -0.15) is 5.26 Å². The second-order valence-corrected chi connectivity index (χ2v) is 5.44. The summed E-state index contributed by atoms with van der Waals surface area (Å²) in [6, 6.07) is 16.3. The lowest BCUT2D eigenvalue weighted by atomic mass is 10.0. The van der Waals surface area contributed by atoms with Gasteiger partial charge in [-0.15, -0.1) is 0 Å². The Morgan fingerprint density at radius 1 is 1.16 bits per heavy atom. The number of nitrogens with one attached hydrogen (secondary N) is 1. The number of halogens is 1. The third-order valence-corrected chi connectivity index (χ3v) is 3.65. The number of nitriles is 1. The zero-order chi connectivity index (χ0) is 13.8. The normalized spacial score (nSPS) is 11.7. The molecule has 1 atom stereocenters. The van der Waals surface area contributed by atoms with Crippen molar-refractivity contribution in [1.29, 1.82) is 5.26 Å². The molecule has 3 heteroatoms. The summed E-state index contributed by atoms with van der Waals surface area (Å²) in [6.07, 6.45) is 0. The zero-order valence-corrected chi connectivity index (χ0v) is 12.5. The quantitative estimate of drug-likeness (QED) is 0.883. The average molecular weight is 315 g/mol. The highest BCUT2D eigenvalue weighted by Crippen LogP contribution is 2.26. The molecule has 19 heavy (non-hydrogen) atoms. The fourth-order valence-corrected chi connectivity index (χ4v) is 2.27. The Morgan fingerprint density at radius 3 is 2.47 bits per heavy atom. The van der Waals surface area contributed by atoms with Crippen molar-refractivity contribution in [1.82, 2.24) is 0 Å². The number of rotatable bonds is 3. The monoisotopic (exact) mass is 314 g/mol. The van der Waals surface area contributed by atoms with Gasteiger partial charge in [-0.05, 0) is 43.2 Å².